The Labute approximate surface area is 97.0 Å². The number of carbonyl (C=O) groups excluding carboxylic acids is 1. The number of amides is 1. The van der Waals surface area contributed by atoms with Crippen molar-refractivity contribution in [2.24, 2.45) is 5.73 Å². The summed E-state index contributed by atoms with van der Waals surface area (Å²) < 4.78 is 0. The monoisotopic (exact) mass is 220 g/mol. The van der Waals surface area contributed by atoms with Crippen molar-refractivity contribution < 1.29 is 4.79 Å². The lowest BCUT2D eigenvalue weighted by molar-refractivity contribution is -0.121. The van der Waals surface area contributed by atoms with Crippen LogP contribution in [0.2, 0.25) is 0 Å². The number of aryl methyl sites for hydroxylation is 2. The van der Waals surface area contributed by atoms with E-state index in [1.165, 1.54) is 16.7 Å². The Morgan fingerprint density at radius 2 is 1.88 bits per heavy atom. The Bertz CT molecular complexity index is 352. The van der Waals surface area contributed by atoms with Crippen molar-refractivity contribution in [3.8, 4) is 0 Å². The first-order valence-corrected chi connectivity index (χ1v) is 5.59. The van der Waals surface area contributed by atoms with Crippen LogP contribution >= 0.6 is 0 Å². The van der Waals surface area contributed by atoms with Gasteiger partial charge >= 0.3 is 0 Å². The average molecular weight is 220 g/mol. The fraction of sp³-hybridized carbons (Fsp3) is 0.462. The third kappa shape index (κ3) is 4.03. The number of hydrogen-bond donors (Lipinski definition) is 2. The van der Waals surface area contributed by atoms with Gasteiger partial charge in [-0.3, -0.25) is 4.79 Å². The minimum Gasteiger partial charge on any atom is -0.354 e. The lowest BCUT2D eigenvalue weighted by atomic mass is 10.1. The van der Waals surface area contributed by atoms with Gasteiger partial charge in [0.1, 0.15) is 0 Å². The normalized spacial score (nSPS) is 12.2. The van der Waals surface area contributed by atoms with Crippen LogP contribution in [0.1, 0.15) is 23.6 Å². The number of carbonyl (C=O) groups is 1. The first-order chi connectivity index (χ1) is 7.49. The van der Waals surface area contributed by atoms with E-state index in [-0.39, 0.29) is 5.91 Å². The standard InChI is InChI=1S/C13H20N2O/c1-9-6-10(2)8-12(7-9)4-5-15-13(16)11(3)14/h6-8,11H,4-5,14H2,1-3H3,(H,15,16)/t11-/m0/s1. The molecule has 0 aliphatic heterocycles. The van der Waals surface area contributed by atoms with Gasteiger partial charge in [-0.1, -0.05) is 29.3 Å². The molecular weight excluding hydrogens is 200 g/mol. The SMILES string of the molecule is Cc1cc(C)cc(CCNC(=O)[C@H](C)N)c1. The number of rotatable bonds is 4. The Kier molecular flexibility index (Phi) is 4.50. The summed E-state index contributed by atoms with van der Waals surface area (Å²) in [4.78, 5) is 11.2. The Hall–Kier alpha value is -1.35. The fourth-order valence-electron chi connectivity index (χ4n) is 1.70. The molecule has 0 unspecified atom stereocenters. The van der Waals surface area contributed by atoms with Crippen molar-refractivity contribution in [3.63, 3.8) is 0 Å². The van der Waals surface area contributed by atoms with Crippen molar-refractivity contribution >= 4 is 5.91 Å². The predicted octanol–water partition coefficient (Wildman–Crippen LogP) is 1.31. The van der Waals surface area contributed by atoms with E-state index in [1.54, 1.807) is 6.92 Å². The number of benzene rings is 1. The van der Waals surface area contributed by atoms with E-state index >= 15 is 0 Å². The van der Waals surface area contributed by atoms with E-state index in [9.17, 15) is 4.79 Å². The van der Waals surface area contributed by atoms with E-state index in [4.69, 9.17) is 5.73 Å². The lowest BCUT2D eigenvalue weighted by Gasteiger charge is -2.08. The topological polar surface area (TPSA) is 55.1 Å². The largest absolute Gasteiger partial charge is 0.354 e. The second-order valence-electron chi connectivity index (χ2n) is 4.33. The summed E-state index contributed by atoms with van der Waals surface area (Å²) in [6, 6.07) is 6.00. The molecule has 1 aromatic rings. The summed E-state index contributed by atoms with van der Waals surface area (Å²) in [5, 5.41) is 2.81. The lowest BCUT2D eigenvalue weighted by Crippen LogP contribution is -2.39. The second kappa shape index (κ2) is 5.66. The van der Waals surface area contributed by atoms with Crippen LogP contribution in [0.4, 0.5) is 0 Å². The summed E-state index contributed by atoms with van der Waals surface area (Å²) in [5.41, 5.74) is 9.22. The molecule has 0 spiro atoms. The van der Waals surface area contributed by atoms with Crippen molar-refractivity contribution in [1.82, 2.24) is 5.32 Å². The van der Waals surface area contributed by atoms with Gasteiger partial charge in [-0.15, -0.1) is 0 Å². The molecule has 3 N–H and O–H groups in total. The molecule has 3 heteroatoms. The van der Waals surface area contributed by atoms with Gasteiger partial charge in [0, 0.05) is 6.54 Å². The van der Waals surface area contributed by atoms with E-state index in [1.807, 2.05) is 0 Å². The van der Waals surface area contributed by atoms with Crippen LogP contribution in [0.3, 0.4) is 0 Å². The van der Waals surface area contributed by atoms with Gasteiger partial charge in [-0.25, -0.2) is 0 Å². The third-order valence-corrected chi connectivity index (χ3v) is 2.41. The van der Waals surface area contributed by atoms with Gasteiger partial charge < -0.3 is 11.1 Å². The zero-order chi connectivity index (χ0) is 12.1. The minimum atomic E-state index is -0.431. The van der Waals surface area contributed by atoms with Crippen LogP contribution in [0.15, 0.2) is 18.2 Å². The predicted molar refractivity (Wildman–Crippen MR) is 66.3 cm³/mol. The summed E-state index contributed by atoms with van der Waals surface area (Å²) in [6.45, 7) is 6.49. The number of nitrogens with one attached hydrogen (secondary N) is 1. The van der Waals surface area contributed by atoms with Crippen molar-refractivity contribution in [1.29, 1.82) is 0 Å². The molecule has 0 radical (unpaired) electrons. The van der Waals surface area contributed by atoms with Crippen molar-refractivity contribution in [3.05, 3.63) is 34.9 Å². The van der Waals surface area contributed by atoms with Crippen molar-refractivity contribution in [2.75, 3.05) is 6.54 Å². The highest BCUT2D eigenvalue weighted by atomic mass is 16.2. The molecule has 0 aromatic heterocycles. The Balaban J connectivity index is 2.46. The quantitative estimate of drug-likeness (QED) is 0.804. The number of hydrogen-bond acceptors (Lipinski definition) is 2. The van der Waals surface area contributed by atoms with Crippen molar-refractivity contribution in [2.45, 2.75) is 33.2 Å². The average Bonchev–Trinajstić information content (AvgIpc) is 2.15. The molecule has 0 aliphatic rings. The van der Waals surface area contributed by atoms with E-state index in [0.29, 0.717) is 6.54 Å². The molecule has 0 heterocycles. The van der Waals surface area contributed by atoms with E-state index in [2.05, 4.69) is 37.4 Å². The fourth-order valence-corrected chi connectivity index (χ4v) is 1.70. The minimum absolute atomic E-state index is 0.0932. The first-order valence-electron chi connectivity index (χ1n) is 5.59. The molecule has 0 bridgehead atoms. The molecule has 0 fully saturated rings. The molecule has 0 aliphatic carbocycles. The van der Waals surface area contributed by atoms with Gasteiger partial charge in [0.15, 0.2) is 0 Å². The van der Waals surface area contributed by atoms with Gasteiger partial charge in [0.05, 0.1) is 6.04 Å². The highest BCUT2D eigenvalue weighted by Gasteiger charge is 2.05. The zero-order valence-corrected chi connectivity index (χ0v) is 10.2. The molecule has 0 saturated heterocycles. The van der Waals surface area contributed by atoms with Gasteiger partial charge in [-0.05, 0) is 32.8 Å². The molecule has 0 saturated carbocycles. The Morgan fingerprint density at radius 1 is 1.31 bits per heavy atom. The number of nitrogens with two attached hydrogens (primary N) is 1. The van der Waals surface area contributed by atoms with Crippen LogP contribution in [0.25, 0.3) is 0 Å². The van der Waals surface area contributed by atoms with Crippen LogP contribution < -0.4 is 11.1 Å². The molecule has 1 aromatic carbocycles. The summed E-state index contributed by atoms with van der Waals surface area (Å²) >= 11 is 0. The van der Waals surface area contributed by atoms with Crippen LogP contribution in [-0.4, -0.2) is 18.5 Å². The zero-order valence-electron chi connectivity index (χ0n) is 10.2. The van der Waals surface area contributed by atoms with Crippen LogP contribution in [0.5, 0.6) is 0 Å². The van der Waals surface area contributed by atoms with Crippen LogP contribution in [-0.2, 0) is 11.2 Å². The van der Waals surface area contributed by atoms with Crippen LogP contribution in [0, 0.1) is 13.8 Å². The molecular formula is C13H20N2O. The third-order valence-electron chi connectivity index (χ3n) is 2.41. The first kappa shape index (κ1) is 12.7. The van der Waals surface area contributed by atoms with E-state index < -0.39 is 6.04 Å². The molecule has 16 heavy (non-hydrogen) atoms. The molecule has 1 rings (SSSR count). The molecule has 3 nitrogen and oxygen atoms in total. The molecule has 1 atom stereocenters. The maximum atomic E-state index is 11.2. The summed E-state index contributed by atoms with van der Waals surface area (Å²) in [5.74, 6) is -0.0932. The Morgan fingerprint density at radius 3 is 2.38 bits per heavy atom. The van der Waals surface area contributed by atoms with Gasteiger partial charge in [-0.2, -0.15) is 0 Å². The maximum absolute atomic E-state index is 11.2. The highest BCUT2D eigenvalue weighted by Crippen LogP contribution is 2.08. The summed E-state index contributed by atoms with van der Waals surface area (Å²) in [7, 11) is 0. The van der Waals surface area contributed by atoms with Gasteiger partial charge in [0.25, 0.3) is 0 Å². The molecule has 88 valence electrons. The van der Waals surface area contributed by atoms with E-state index in [0.717, 1.165) is 6.42 Å². The maximum Gasteiger partial charge on any atom is 0.236 e. The highest BCUT2D eigenvalue weighted by molar-refractivity contribution is 5.80. The molecule has 1 amide bonds. The summed E-state index contributed by atoms with van der Waals surface area (Å²) in [6.07, 6.45) is 0.848. The van der Waals surface area contributed by atoms with Gasteiger partial charge in [0.2, 0.25) is 5.91 Å². The smallest absolute Gasteiger partial charge is 0.236 e. The second-order valence-corrected chi connectivity index (χ2v) is 4.33.